The van der Waals surface area contributed by atoms with Crippen molar-refractivity contribution in [2.24, 2.45) is 5.73 Å². The fraction of sp³-hybridized carbons (Fsp3) is 0.364. The zero-order valence-electron chi connectivity index (χ0n) is 10.1. The molecule has 0 aromatic heterocycles. The molecule has 0 aliphatic rings. The molecule has 8 heteroatoms. The number of nitrogens with zero attached hydrogens (tertiary/aromatic N) is 1. The van der Waals surface area contributed by atoms with E-state index < -0.39 is 18.6 Å². The van der Waals surface area contributed by atoms with Crippen LogP contribution >= 0.6 is 0 Å². The first-order valence-corrected chi connectivity index (χ1v) is 5.51. The number of rotatable bonds is 7. The lowest BCUT2D eigenvalue weighted by atomic mass is 10.1. The van der Waals surface area contributed by atoms with Crippen LogP contribution in [0, 0.1) is 0 Å². The fourth-order valence-electron chi connectivity index (χ4n) is 1.24. The predicted molar refractivity (Wildman–Crippen MR) is 62.2 cm³/mol. The molecular weight excluding hydrogens is 256 g/mol. The molecule has 5 N–H and O–H groups in total. The number of aliphatic hydroxyl groups excluding tert-OH is 1. The standard InChI is InChI=1S/C11H16N2O6/c12-10(7-14)11(15)19-9-3-1-8(2-4-9)5-6-18-13(16)17/h1-4,10,14,16-17H,5-7,12H2. The van der Waals surface area contributed by atoms with E-state index in [0.29, 0.717) is 12.2 Å². The lowest BCUT2D eigenvalue weighted by Gasteiger charge is -2.09. The van der Waals surface area contributed by atoms with E-state index in [-0.39, 0.29) is 12.0 Å². The maximum Gasteiger partial charge on any atom is 0.330 e. The van der Waals surface area contributed by atoms with E-state index in [1.165, 1.54) is 0 Å². The molecular formula is C11H16N2O6. The topological polar surface area (TPSA) is 125 Å². The second kappa shape index (κ2) is 7.79. The third-order valence-corrected chi connectivity index (χ3v) is 2.24. The van der Waals surface area contributed by atoms with Crippen LogP contribution in [0.3, 0.4) is 0 Å². The third kappa shape index (κ3) is 5.75. The van der Waals surface area contributed by atoms with Gasteiger partial charge in [-0.2, -0.15) is 0 Å². The van der Waals surface area contributed by atoms with Gasteiger partial charge in [-0.25, -0.2) is 4.79 Å². The molecule has 0 radical (unpaired) electrons. The van der Waals surface area contributed by atoms with Crippen LogP contribution in [-0.4, -0.2) is 46.1 Å². The van der Waals surface area contributed by atoms with E-state index in [0.717, 1.165) is 5.56 Å². The molecule has 0 saturated carbocycles. The molecule has 1 aromatic rings. The van der Waals surface area contributed by atoms with Crippen molar-refractivity contribution in [3.63, 3.8) is 0 Å². The van der Waals surface area contributed by atoms with Gasteiger partial charge in [-0.1, -0.05) is 12.1 Å². The number of nitrogens with two attached hydrogens (primary N) is 1. The first-order chi connectivity index (χ1) is 9.02. The van der Waals surface area contributed by atoms with Gasteiger partial charge >= 0.3 is 5.97 Å². The molecule has 1 aromatic carbocycles. The Labute approximate surface area is 109 Å². The monoisotopic (exact) mass is 272 g/mol. The van der Waals surface area contributed by atoms with Crippen LogP contribution in [0.4, 0.5) is 0 Å². The predicted octanol–water partition coefficient (Wildman–Crippen LogP) is -0.534. The van der Waals surface area contributed by atoms with E-state index in [1.54, 1.807) is 24.3 Å². The molecule has 0 fully saturated rings. The van der Waals surface area contributed by atoms with Gasteiger partial charge in [-0.05, 0) is 24.1 Å². The number of aliphatic hydroxyl groups is 1. The largest absolute Gasteiger partial charge is 0.425 e. The molecule has 106 valence electrons. The average Bonchev–Trinajstić information content (AvgIpc) is 2.39. The smallest absolute Gasteiger partial charge is 0.330 e. The van der Waals surface area contributed by atoms with Gasteiger partial charge in [0.05, 0.1) is 18.6 Å². The van der Waals surface area contributed by atoms with Gasteiger partial charge < -0.3 is 15.6 Å². The Bertz CT molecular complexity index is 395. The number of hydrogen-bond acceptors (Lipinski definition) is 8. The molecule has 0 heterocycles. The van der Waals surface area contributed by atoms with Crippen molar-refractivity contribution in [1.82, 2.24) is 5.39 Å². The molecule has 1 rings (SSSR count). The summed E-state index contributed by atoms with van der Waals surface area (Å²) >= 11 is 0. The van der Waals surface area contributed by atoms with Crippen LogP contribution in [0.15, 0.2) is 24.3 Å². The SMILES string of the molecule is NC(CO)C(=O)Oc1ccc(CCON(O)O)cc1. The first kappa shape index (κ1) is 15.5. The van der Waals surface area contributed by atoms with Crippen molar-refractivity contribution in [1.29, 1.82) is 0 Å². The Morgan fingerprint density at radius 1 is 1.32 bits per heavy atom. The van der Waals surface area contributed by atoms with Crippen LogP contribution < -0.4 is 10.5 Å². The molecule has 0 saturated heterocycles. The molecule has 0 bridgehead atoms. The Morgan fingerprint density at radius 2 is 1.95 bits per heavy atom. The van der Waals surface area contributed by atoms with E-state index in [9.17, 15) is 4.79 Å². The summed E-state index contributed by atoms with van der Waals surface area (Å²) < 4.78 is 4.92. The van der Waals surface area contributed by atoms with Gasteiger partial charge in [-0.15, -0.1) is 0 Å². The zero-order chi connectivity index (χ0) is 14.3. The van der Waals surface area contributed by atoms with Crippen molar-refractivity contribution in [2.75, 3.05) is 13.2 Å². The molecule has 8 nitrogen and oxygen atoms in total. The van der Waals surface area contributed by atoms with E-state index in [4.69, 9.17) is 26.0 Å². The minimum absolute atomic E-state index is 0.0848. The van der Waals surface area contributed by atoms with Crippen molar-refractivity contribution in [2.45, 2.75) is 12.5 Å². The number of carbonyl (C=O) groups excluding carboxylic acids is 1. The second-order valence-corrected chi connectivity index (χ2v) is 3.69. The highest BCUT2D eigenvalue weighted by atomic mass is 17.1. The molecule has 0 aliphatic heterocycles. The van der Waals surface area contributed by atoms with Gasteiger partial charge in [0.15, 0.2) is 0 Å². The van der Waals surface area contributed by atoms with Gasteiger partial charge in [0.1, 0.15) is 11.8 Å². The molecule has 19 heavy (non-hydrogen) atoms. The Kier molecular flexibility index (Phi) is 6.36. The molecule has 1 atom stereocenters. The number of hydrogen-bond donors (Lipinski definition) is 4. The van der Waals surface area contributed by atoms with Crippen LogP contribution in [0.5, 0.6) is 5.75 Å². The normalized spacial score (nSPS) is 12.5. The summed E-state index contributed by atoms with van der Waals surface area (Å²) in [6.07, 6.45) is 0.446. The highest BCUT2D eigenvalue weighted by Crippen LogP contribution is 2.13. The molecule has 0 spiro atoms. The molecule has 1 unspecified atom stereocenters. The minimum Gasteiger partial charge on any atom is -0.425 e. The maximum absolute atomic E-state index is 11.3. The third-order valence-electron chi connectivity index (χ3n) is 2.24. The molecule has 0 aliphatic carbocycles. The number of esters is 1. The summed E-state index contributed by atoms with van der Waals surface area (Å²) in [6.45, 7) is -0.394. The Hall–Kier alpha value is -1.55. The first-order valence-electron chi connectivity index (χ1n) is 5.51. The van der Waals surface area contributed by atoms with Crippen molar-refractivity contribution < 1.29 is 29.9 Å². The van der Waals surface area contributed by atoms with Crippen LogP contribution in [0.1, 0.15) is 5.56 Å². The minimum atomic E-state index is -1.06. The lowest BCUT2D eigenvalue weighted by Crippen LogP contribution is -2.37. The second-order valence-electron chi connectivity index (χ2n) is 3.69. The maximum atomic E-state index is 11.3. The van der Waals surface area contributed by atoms with E-state index in [1.807, 2.05) is 0 Å². The summed E-state index contributed by atoms with van der Waals surface area (Å²) in [5.74, 6) is -0.403. The summed E-state index contributed by atoms with van der Waals surface area (Å²) in [4.78, 5) is 15.7. The van der Waals surface area contributed by atoms with E-state index in [2.05, 4.69) is 4.84 Å². The quantitative estimate of drug-likeness (QED) is 0.296. The van der Waals surface area contributed by atoms with Crippen molar-refractivity contribution in [3.8, 4) is 5.75 Å². The van der Waals surface area contributed by atoms with Crippen LogP contribution in [0.2, 0.25) is 0 Å². The number of benzene rings is 1. The van der Waals surface area contributed by atoms with E-state index >= 15 is 0 Å². The van der Waals surface area contributed by atoms with Gasteiger partial charge in [-0.3, -0.25) is 15.3 Å². The number of carbonyl (C=O) groups is 1. The van der Waals surface area contributed by atoms with Crippen LogP contribution in [-0.2, 0) is 16.1 Å². The highest BCUT2D eigenvalue weighted by Gasteiger charge is 2.14. The van der Waals surface area contributed by atoms with Crippen molar-refractivity contribution in [3.05, 3.63) is 29.8 Å². The van der Waals surface area contributed by atoms with Gasteiger partial charge in [0, 0.05) is 0 Å². The summed E-state index contributed by atoms with van der Waals surface area (Å²) in [5.41, 5.74) is 6.15. The molecule has 0 amide bonds. The fourth-order valence-corrected chi connectivity index (χ4v) is 1.24. The van der Waals surface area contributed by atoms with Crippen LogP contribution in [0.25, 0.3) is 0 Å². The summed E-state index contributed by atoms with van der Waals surface area (Å²) in [6, 6.07) is 5.44. The lowest BCUT2D eigenvalue weighted by molar-refractivity contribution is -0.492. The average molecular weight is 272 g/mol. The highest BCUT2D eigenvalue weighted by molar-refractivity contribution is 5.78. The van der Waals surface area contributed by atoms with Crippen molar-refractivity contribution >= 4 is 5.97 Å². The summed E-state index contributed by atoms with van der Waals surface area (Å²) in [7, 11) is 0. The zero-order valence-corrected chi connectivity index (χ0v) is 10.1. The Morgan fingerprint density at radius 3 is 2.47 bits per heavy atom. The Balaban J connectivity index is 2.45. The van der Waals surface area contributed by atoms with Gasteiger partial charge in [0.25, 0.3) is 0 Å². The van der Waals surface area contributed by atoms with Gasteiger partial charge in [0.2, 0.25) is 0 Å². The summed E-state index contributed by atoms with van der Waals surface area (Å²) in [5, 5.41) is 25.0. The number of ether oxygens (including phenoxy) is 1.